The van der Waals surface area contributed by atoms with Crippen LogP contribution in [-0.2, 0) is 16.0 Å². The molecule has 0 saturated heterocycles. The lowest BCUT2D eigenvalue weighted by molar-refractivity contribution is -0.139. The molecule has 4 rings (SSSR count). The number of anilines is 1. The number of benzene rings is 2. The molecule has 0 bridgehead atoms. The van der Waals surface area contributed by atoms with Crippen LogP contribution in [0.25, 0.3) is 0 Å². The topological polar surface area (TPSA) is 132 Å². The molecule has 2 aromatic carbocycles. The van der Waals surface area contributed by atoms with E-state index in [0.717, 1.165) is 44.7 Å². The Morgan fingerprint density at radius 2 is 1.81 bits per heavy atom. The number of amides is 2. The molecule has 0 unspecified atom stereocenters. The van der Waals surface area contributed by atoms with Gasteiger partial charge < -0.3 is 26.4 Å². The Morgan fingerprint density at radius 1 is 1.08 bits per heavy atom. The Bertz CT molecular complexity index is 1170. The summed E-state index contributed by atoms with van der Waals surface area (Å²) in [4.78, 5) is 41.7. The summed E-state index contributed by atoms with van der Waals surface area (Å²) in [6.45, 7) is 1.61. The van der Waals surface area contributed by atoms with Gasteiger partial charge in [-0.3, -0.25) is 14.6 Å². The summed E-state index contributed by atoms with van der Waals surface area (Å²) in [5.74, 6) is -1.17. The number of aliphatic carboxylic acids is 1. The summed E-state index contributed by atoms with van der Waals surface area (Å²) in [5, 5.41) is 22.0. The maximum atomic E-state index is 12.9. The van der Waals surface area contributed by atoms with Crippen molar-refractivity contribution in [3.8, 4) is 0 Å². The van der Waals surface area contributed by atoms with E-state index < -0.39 is 17.9 Å². The number of rotatable bonds is 8. The largest absolute Gasteiger partial charge is 0.480 e. The number of guanidine groups is 1. The number of carbonyl (C=O) groups excluding carboxylic acids is 2. The predicted octanol–water partition coefficient (Wildman–Crippen LogP) is 3.47. The first-order chi connectivity index (χ1) is 17.8. The Kier molecular flexibility index (Phi) is 8.89. The van der Waals surface area contributed by atoms with Crippen LogP contribution in [0.15, 0.2) is 47.5 Å². The second kappa shape index (κ2) is 12.3. The van der Waals surface area contributed by atoms with Gasteiger partial charge >= 0.3 is 5.97 Å². The molecule has 5 N–H and O–H groups in total. The number of nitrogens with one attached hydrogen (secondary N) is 4. The number of carboxylic acids is 1. The number of hydrogen-bond acceptors (Lipinski definition) is 6. The van der Waals surface area contributed by atoms with E-state index in [1.165, 1.54) is 12.1 Å². The van der Waals surface area contributed by atoms with Gasteiger partial charge in [-0.1, -0.05) is 47.8 Å². The first kappa shape index (κ1) is 26.8. The van der Waals surface area contributed by atoms with Gasteiger partial charge in [0.15, 0.2) is 5.96 Å². The molecule has 2 aliphatic rings. The third kappa shape index (κ3) is 7.14. The molecule has 0 aromatic heterocycles. The quantitative estimate of drug-likeness (QED) is 0.345. The van der Waals surface area contributed by atoms with Gasteiger partial charge in [-0.25, -0.2) is 4.79 Å². The summed E-state index contributed by atoms with van der Waals surface area (Å²) in [5.41, 5.74) is 1.34. The molecule has 9 nitrogen and oxygen atoms in total. The number of carbonyl (C=O) groups is 3. The fraction of sp³-hybridized carbons (Fsp3) is 0.385. The lowest BCUT2D eigenvalue weighted by atomic mass is 9.85. The second-order valence-electron chi connectivity index (χ2n) is 9.21. The minimum absolute atomic E-state index is 0.0304. The van der Waals surface area contributed by atoms with Crippen LogP contribution in [0.1, 0.15) is 41.6 Å². The van der Waals surface area contributed by atoms with Gasteiger partial charge in [0.05, 0.1) is 22.2 Å². The highest BCUT2D eigenvalue weighted by Gasteiger charge is 2.28. The summed E-state index contributed by atoms with van der Waals surface area (Å²) in [6.07, 6.45) is 3.58. The molecule has 0 radical (unpaired) electrons. The van der Waals surface area contributed by atoms with Crippen molar-refractivity contribution in [2.75, 3.05) is 18.4 Å². The molecular weight excluding hydrogens is 517 g/mol. The average Bonchev–Trinajstić information content (AvgIpc) is 3.38. The van der Waals surface area contributed by atoms with Crippen LogP contribution in [0.5, 0.6) is 0 Å². The van der Waals surface area contributed by atoms with Crippen molar-refractivity contribution in [2.45, 2.75) is 44.2 Å². The van der Waals surface area contributed by atoms with E-state index in [2.05, 4.69) is 26.3 Å². The highest BCUT2D eigenvalue weighted by molar-refractivity contribution is 6.39. The van der Waals surface area contributed by atoms with Crippen molar-refractivity contribution >= 4 is 52.6 Å². The molecule has 1 saturated carbocycles. The summed E-state index contributed by atoms with van der Waals surface area (Å²) in [6, 6.07) is 10.6. The molecule has 1 aliphatic heterocycles. The number of nitrogens with zero attached hydrogens (tertiary/aromatic N) is 1. The molecule has 37 heavy (non-hydrogen) atoms. The van der Waals surface area contributed by atoms with Crippen LogP contribution in [0.2, 0.25) is 10.0 Å². The maximum Gasteiger partial charge on any atom is 0.326 e. The maximum absolute atomic E-state index is 12.9. The Morgan fingerprint density at radius 3 is 2.46 bits per heavy atom. The Labute approximate surface area is 225 Å². The molecule has 11 heteroatoms. The lowest BCUT2D eigenvalue weighted by Gasteiger charge is -2.29. The predicted molar refractivity (Wildman–Crippen MR) is 143 cm³/mol. The van der Waals surface area contributed by atoms with E-state index >= 15 is 0 Å². The number of aliphatic imine (C=N–C) groups is 1. The molecule has 2 aromatic rings. The highest BCUT2D eigenvalue weighted by atomic mass is 35.5. The minimum atomic E-state index is -1.19. The van der Waals surface area contributed by atoms with Gasteiger partial charge in [-0.2, -0.15) is 0 Å². The summed E-state index contributed by atoms with van der Waals surface area (Å²) >= 11 is 12.1. The van der Waals surface area contributed by atoms with Crippen molar-refractivity contribution in [1.29, 1.82) is 0 Å². The monoisotopic (exact) mass is 545 g/mol. The third-order valence-electron chi connectivity index (χ3n) is 6.51. The van der Waals surface area contributed by atoms with Crippen molar-refractivity contribution in [2.24, 2.45) is 10.9 Å². The van der Waals surface area contributed by atoms with E-state index in [0.29, 0.717) is 11.3 Å². The van der Waals surface area contributed by atoms with Gasteiger partial charge in [0.25, 0.3) is 5.91 Å². The van der Waals surface area contributed by atoms with E-state index in [1.54, 1.807) is 30.3 Å². The Hall–Kier alpha value is -3.30. The van der Waals surface area contributed by atoms with Crippen LogP contribution < -0.4 is 21.3 Å². The summed E-state index contributed by atoms with van der Waals surface area (Å²) < 4.78 is 0. The van der Waals surface area contributed by atoms with Crippen LogP contribution >= 0.6 is 23.2 Å². The molecule has 3 atom stereocenters. The molecule has 1 heterocycles. The van der Waals surface area contributed by atoms with Crippen molar-refractivity contribution < 1.29 is 19.5 Å². The normalized spacial score (nSPS) is 19.8. The summed E-state index contributed by atoms with van der Waals surface area (Å²) in [7, 11) is 0. The van der Waals surface area contributed by atoms with Crippen LogP contribution in [0.3, 0.4) is 0 Å². The van der Waals surface area contributed by atoms with E-state index in [9.17, 15) is 19.5 Å². The van der Waals surface area contributed by atoms with Crippen molar-refractivity contribution in [3.63, 3.8) is 0 Å². The van der Waals surface area contributed by atoms with Crippen LogP contribution in [0.4, 0.5) is 5.69 Å². The van der Waals surface area contributed by atoms with Crippen molar-refractivity contribution in [3.05, 3.63) is 63.6 Å². The zero-order valence-corrected chi connectivity index (χ0v) is 21.6. The number of carboxylic acid groups (broad SMARTS) is 1. The first-order valence-electron chi connectivity index (χ1n) is 12.2. The van der Waals surface area contributed by atoms with E-state index in [4.69, 9.17) is 23.2 Å². The van der Waals surface area contributed by atoms with Gasteiger partial charge in [-0.15, -0.1) is 0 Å². The van der Waals surface area contributed by atoms with E-state index in [1.807, 2.05) is 0 Å². The molecule has 2 amide bonds. The highest BCUT2D eigenvalue weighted by Crippen LogP contribution is 2.26. The van der Waals surface area contributed by atoms with Gasteiger partial charge in [0.1, 0.15) is 6.04 Å². The van der Waals surface area contributed by atoms with E-state index in [-0.39, 0.29) is 39.9 Å². The fourth-order valence-corrected chi connectivity index (χ4v) is 5.17. The molecule has 0 spiro atoms. The lowest BCUT2D eigenvalue weighted by Crippen LogP contribution is -2.44. The molecule has 1 aliphatic carbocycles. The molecule has 1 fully saturated rings. The van der Waals surface area contributed by atoms with Gasteiger partial charge in [-0.05, 0) is 49.1 Å². The third-order valence-corrected chi connectivity index (χ3v) is 7.14. The van der Waals surface area contributed by atoms with Crippen molar-refractivity contribution in [1.82, 2.24) is 16.0 Å². The van der Waals surface area contributed by atoms with Gasteiger partial charge in [0.2, 0.25) is 5.91 Å². The molecule has 196 valence electrons. The first-order valence-corrected chi connectivity index (χ1v) is 13.0. The smallest absolute Gasteiger partial charge is 0.326 e. The second-order valence-corrected chi connectivity index (χ2v) is 10.0. The zero-order chi connectivity index (χ0) is 26.4. The number of halogens is 2. The standard InChI is InChI=1S/C26H29Cl2N5O4/c27-19-5-2-6-20(28)22(19)24(35)33-21(25(36)37)13-15-7-9-17(10-8-15)31-23(34)16-3-1-4-18(14-16)32-26-29-11-12-30-26/h2,5-10,16,18,21H,1,3-4,11-14H2,(H,31,34)(H,33,35)(H,36,37)(H2,29,30,32)/t16-,18+,21-/m0/s1. The zero-order valence-electron chi connectivity index (χ0n) is 20.1. The SMILES string of the molecule is O=C(N[C@@H](Cc1ccc(NC(=O)[C@H]2CCC[C@@H](NC3=NCCN3)C2)cc1)C(=O)O)c1c(Cl)cccc1Cl. The van der Waals surface area contributed by atoms with Crippen LogP contribution in [0, 0.1) is 5.92 Å². The minimum Gasteiger partial charge on any atom is -0.480 e. The van der Waals surface area contributed by atoms with Crippen LogP contribution in [-0.4, -0.2) is 54.0 Å². The fourth-order valence-electron chi connectivity index (χ4n) is 4.60. The average molecular weight is 546 g/mol. The Balaban J connectivity index is 1.32. The molecular formula is C26H29Cl2N5O4. The number of hydrogen-bond donors (Lipinski definition) is 5. The van der Waals surface area contributed by atoms with Gasteiger partial charge in [0, 0.05) is 30.6 Å².